The van der Waals surface area contributed by atoms with Crippen molar-refractivity contribution >= 4 is 23.6 Å². The third kappa shape index (κ3) is 6.08. The van der Waals surface area contributed by atoms with Gasteiger partial charge in [-0.25, -0.2) is 4.39 Å². The molecule has 30 heavy (non-hydrogen) atoms. The number of aryl methyl sites for hydroxylation is 1. The summed E-state index contributed by atoms with van der Waals surface area (Å²) in [5, 5.41) is 3.06. The lowest BCUT2D eigenvalue weighted by molar-refractivity contribution is -0.139. The van der Waals surface area contributed by atoms with Crippen molar-refractivity contribution in [3.05, 3.63) is 65.5 Å². The van der Waals surface area contributed by atoms with Gasteiger partial charge in [-0.15, -0.1) is 11.8 Å². The molecule has 160 valence electrons. The summed E-state index contributed by atoms with van der Waals surface area (Å²) in [6.45, 7) is 3.80. The molecule has 1 aliphatic carbocycles. The second-order valence-electron chi connectivity index (χ2n) is 7.88. The molecule has 6 heteroatoms. The summed E-state index contributed by atoms with van der Waals surface area (Å²) in [4.78, 5) is 28.4. The Morgan fingerprint density at radius 1 is 1.13 bits per heavy atom. The number of benzene rings is 2. The summed E-state index contributed by atoms with van der Waals surface area (Å²) < 4.78 is 14.3. The van der Waals surface area contributed by atoms with Crippen LogP contribution in [0, 0.1) is 12.7 Å². The highest BCUT2D eigenvalue weighted by Gasteiger charge is 2.29. The van der Waals surface area contributed by atoms with Gasteiger partial charge in [0.15, 0.2) is 0 Å². The highest BCUT2D eigenvalue weighted by Crippen LogP contribution is 2.22. The Morgan fingerprint density at radius 2 is 1.80 bits per heavy atom. The van der Waals surface area contributed by atoms with E-state index >= 15 is 0 Å². The van der Waals surface area contributed by atoms with E-state index in [1.807, 2.05) is 31.2 Å². The van der Waals surface area contributed by atoms with Crippen molar-refractivity contribution in [3.8, 4) is 0 Å². The highest BCUT2D eigenvalue weighted by atomic mass is 32.2. The van der Waals surface area contributed by atoms with Crippen molar-refractivity contribution in [2.24, 2.45) is 0 Å². The van der Waals surface area contributed by atoms with E-state index < -0.39 is 6.04 Å². The summed E-state index contributed by atoms with van der Waals surface area (Å²) in [7, 11) is 0. The molecule has 0 bridgehead atoms. The van der Waals surface area contributed by atoms with Gasteiger partial charge in [0.2, 0.25) is 11.8 Å². The predicted octanol–water partition coefficient (Wildman–Crippen LogP) is 4.70. The number of hydrogen-bond acceptors (Lipinski definition) is 3. The minimum Gasteiger partial charge on any atom is -0.352 e. The van der Waals surface area contributed by atoms with Gasteiger partial charge in [-0.3, -0.25) is 9.59 Å². The van der Waals surface area contributed by atoms with E-state index in [9.17, 15) is 14.0 Å². The lowest BCUT2D eigenvalue weighted by atomic mass is 10.1. The van der Waals surface area contributed by atoms with E-state index in [1.165, 1.54) is 22.7 Å². The van der Waals surface area contributed by atoms with Crippen LogP contribution in [0.15, 0.2) is 53.4 Å². The molecule has 3 rings (SSSR count). The van der Waals surface area contributed by atoms with Crippen LogP contribution in [0.4, 0.5) is 4.39 Å². The van der Waals surface area contributed by atoms with Crippen molar-refractivity contribution in [2.75, 3.05) is 5.75 Å². The van der Waals surface area contributed by atoms with Crippen molar-refractivity contribution in [3.63, 3.8) is 0 Å². The van der Waals surface area contributed by atoms with Crippen LogP contribution >= 0.6 is 11.8 Å². The SMILES string of the molecule is Cc1ccc(SCC(=O)N(Cc2ccccc2F)[C@H](C)C(=O)NC2CCCC2)cc1. The number of hydrogen-bond donors (Lipinski definition) is 1. The van der Waals surface area contributed by atoms with Crippen molar-refractivity contribution in [1.29, 1.82) is 0 Å². The third-order valence-electron chi connectivity index (χ3n) is 5.55. The largest absolute Gasteiger partial charge is 0.352 e. The number of amides is 2. The van der Waals surface area contributed by atoms with E-state index in [-0.39, 0.29) is 36.0 Å². The summed E-state index contributed by atoms with van der Waals surface area (Å²) in [6.07, 6.45) is 4.18. The van der Waals surface area contributed by atoms with E-state index in [4.69, 9.17) is 0 Å². The molecule has 1 aliphatic rings. The molecule has 0 heterocycles. The Bertz CT molecular complexity index is 866. The monoisotopic (exact) mass is 428 g/mol. The third-order valence-corrected chi connectivity index (χ3v) is 6.55. The molecule has 4 nitrogen and oxygen atoms in total. The zero-order valence-electron chi connectivity index (χ0n) is 17.6. The van der Waals surface area contributed by atoms with Crippen LogP contribution in [-0.2, 0) is 16.1 Å². The second kappa shape index (κ2) is 10.6. The van der Waals surface area contributed by atoms with Crippen LogP contribution in [-0.4, -0.2) is 34.6 Å². The molecular weight excluding hydrogens is 399 g/mol. The topological polar surface area (TPSA) is 49.4 Å². The maximum absolute atomic E-state index is 14.3. The number of thioether (sulfide) groups is 1. The van der Waals surface area contributed by atoms with Gasteiger partial charge in [0, 0.05) is 23.0 Å². The van der Waals surface area contributed by atoms with Crippen LogP contribution < -0.4 is 5.32 Å². The fraction of sp³-hybridized carbons (Fsp3) is 0.417. The Hall–Kier alpha value is -2.34. The van der Waals surface area contributed by atoms with Crippen LogP contribution in [0.25, 0.3) is 0 Å². The van der Waals surface area contributed by atoms with E-state index in [0.717, 1.165) is 36.1 Å². The normalized spacial score (nSPS) is 15.0. The first-order valence-corrected chi connectivity index (χ1v) is 11.5. The lowest BCUT2D eigenvalue weighted by Gasteiger charge is -2.29. The van der Waals surface area contributed by atoms with Gasteiger partial charge < -0.3 is 10.2 Å². The molecule has 2 amide bonds. The Morgan fingerprint density at radius 3 is 2.47 bits per heavy atom. The first-order chi connectivity index (χ1) is 14.4. The summed E-state index contributed by atoms with van der Waals surface area (Å²) in [6, 6.07) is 13.9. The molecule has 0 radical (unpaired) electrons. The van der Waals surface area contributed by atoms with Gasteiger partial charge in [-0.2, -0.15) is 0 Å². The van der Waals surface area contributed by atoms with Gasteiger partial charge in [0.1, 0.15) is 11.9 Å². The Kier molecular flexibility index (Phi) is 7.91. The summed E-state index contributed by atoms with van der Waals surface area (Å²) in [5.41, 5.74) is 1.57. The fourth-order valence-corrected chi connectivity index (χ4v) is 4.43. The molecule has 2 aromatic carbocycles. The summed E-state index contributed by atoms with van der Waals surface area (Å²) in [5.74, 6) is -0.534. The molecule has 0 unspecified atom stereocenters. The molecule has 1 fully saturated rings. The van der Waals surface area contributed by atoms with Crippen molar-refractivity contribution < 1.29 is 14.0 Å². The fourth-order valence-electron chi connectivity index (χ4n) is 3.65. The van der Waals surface area contributed by atoms with Crippen LogP contribution in [0.3, 0.4) is 0 Å². The predicted molar refractivity (Wildman–Crippen MR) is 119 cm³/mol. The zero-order valence-corrected chi connectivity index (χ0v) is 18.4. The van der Waals surface area contributed by atoms with Crippen LogP contribution in [0.5, 0.6) is 0 Å². The van der Waals surface area contributed by atoms with Gasteiger partial charge in [-0.1, -0.05) is 48.7 Å². The molecule has 0 spiro atoms. The average Bonchev–Trinajstić information content (AvgIpc) is 3.25. The number of carbonyl (C=O) groups excluding carboxylic acids is 2. The lowest BCUT2D eigenvalue weighted by Crippen LogP contribution is -2.50. The maximum Gasteiger partial charge on any atom is 0.242 e. The molecule has 2 aromatic rings. The molecule has 1 N–H and O–H groups in total. The number of nitrogens with zero attached hydrogens (tertiary/aromatic N) is 1. The smallest absolute Gasteiger partial charge is 0.242 e. The quantitative estimate of drug-likeness (QED) is 0.620. The van der Waals surface area contributed by atoms with E-state index in [1.54, 1.807) is 25.1 Å². The van der Waals surface area contributed by atoms with Crippen LogP contribution in [0.1, 0.15) is 43.7 Å². The first kappa shape index (κ1) is 22.3. The number of nitrogens with one attached hydrogen (secondary N) is 1. The van der Waals surface area contributed by atoms with Crippen molar-refractivity contribution in [2.45, 2.75) is 63.1 Å². The molecule has 0 saturated heterocycles. The Balaban J connectivity index is 1.71. The first-order valence-electron chi connectivity index (χ1n) is 10.5. The van der Waals surface area contributed by atoms with Gasteiger partial charge in [0.25, 0.3) is 0 Å². The Labute approximate surface area is 182 Å². The zero-order chi connectivity index (χ0) is 21.5. The highest BCUT2D eigenvalue weighted by molar-refractivity contribution is 8.00. The molecule has 1 atom stereocenters. The van der Waals surface area contributed by atoms with Gasteiger partial charge in [-0.05, 0) is 44.9 Å². The van der Waals surface area contributed by atoms with Gasteiger partial charge >= 0.3 is 0 Å². The molecule has 0 aromatic heterocycles. The molecule has 1 saturated carbocycles. The number of halogens is 1. The van der Waals surface area contributed by atoms with Crippen molar-refractivity contribution in [1.82, 2.24) is 10.2 Å². The average molecular weight is 429 g/mol. The van der Waals surface area contributed by atoms with E-state index in [0.29, 0.717) is 5.56 Å². The standard InChI is InChI=1S/C24H29FN2O2S/c1-17-11-13-21(14-12-17)30-16-23(28)27(15-19-7-3-6-10-22(19)25)18(2)24(29)26-20-8-4-5-9-20/h3,6-7,10-14,18,20H,4-5,8-9,15-16H2,1-2H3,(H,26,29)/t18-/m1/s1. The van der Waals surface area contributed by atoms with Crippen LogP contribution in [0.2, 0.25) is 0 Å². The minimum atomic E-state index is -0.670. The van der Waals surface area contributed by atoms with Gasteiger partial charge in [0.05, 0.1) is 5.75 Å². The molecular formula is C24H29FN2O2S. The second-order valence-corrected chi connectivity index (χ2v) is 8.93. The number of carbonyl (C=O) groups is 2. The van der Waals surface area contributed by atoms with E-state index in [2.05, 4.69) is 5.32 Å². The number of rotatable bonds is 8. The summed E-state index contributed by atoms with van der Waals surface area (Å²) >= 11 is 1.43. The minimum absolute atomic E-state index is 0.0687. The maximum atomic E-state index is 14.3. The molecule has 0 aliphatic heterocycles.